The van der Waals surface area contributed by atoms with E-state index < -0.39 is 5.82 Å². The van der Waals surface area contributed by atoms with Crippen LogP contribution in [0.2, 0.25) is 5.02 Å². The van der Waals surface area contributed by atoms with Crippen molar-refractivity contribution in [2.75, 3.05) is 0 Å². The average molecular weight is 351 g/mol. The summed E-state index contributed by atoms with van der Waals surface area (Å²) in [6.07, 6.45) is 1.58. The van der Waals surface area contributed by atoms with E-state index in [0.29, 0.717) is 22.0 Å². The topological polar surface area (TPSA) is 22.1 Å². The maximum Gasteiger partial charge on any atom is 0.219 e. The van der Waals surface area contributed by atoms with Crippen LogP contribution >= 0.6 is 39.1 Å². The van der Waals surface area contributed by atoms with E-state index in [4.69, 9.17) is 27.9 Å². The summed E-state index contributed by atoms with van der Waals surface area (Å²) in [7, 11) is 0. The molecule has 0 radical (unpaired) electrons. The van der Waals surface area contributed by atoms with Crippen LogP contribution in [0.4, 0.5) is 4.39 Å². The Balaban J connectivity index is 2.30. The second-order valence-corrected chi connectivity index (χ2v) is 4.96. The van der Waals surface area contributed by atoms with Crippen molar-refractivity contribution in [2.24, 2.45) is 0 Å². The number of pyridine rings is 1. The van der Waals surface area contributed by atoms with Crippen LogP contribution in [-0.2, 0) is 5.88 Å². The normalized spacial score (nSPS) is 10.4. The van der Waals surface area contributed by atoms with Crippen LogP contribution in [-0.4, -0.2) is 4.98 Å². The minimum absolute atomic E-state index is 0.0247. The highest BCUT2D eigenvalue weighted by Gasteiger charge is 2.09. The van der Waals surface area contributed by atoms with Gasteiger partial charge in [0.1, 0.15) is 11.6 Å². The Morgan fingerprint density at radius 2 is 2.11 bits per heavy atom. The van der Waals surface area contributed by atoms with E-state index in [9.17, 15) is 4.39 Å². The molecule has 2 nitrogen and oxygen atoms in total. The molecule has 0 saturated carbocycles. The van der Waals surface area contributed by atoms with Crippen molar-refractivity contribution in [1.29, 1.82) is 0 Å². The van der Waals surface area contributed by atoms with Crippen LogP contribution in [0, 0.1) is 5.82 Å². The third kappa shape index (κ3) is 3.13. The molecule has 0 fully saturated rings. The van der Waals surface area contributed by atoms with Crippen LogP contribution in [0.5, 0.6) is 11.6 Å². The molecule has 1 heterocycles. The molecular formula is C12H7BrCl2FNO. The van der Waals surface area contributed by atoms with E-state index in [0.717, 1.165) is 5.56 Å². The number of nitrogens with zero attached hydrogens (tertiary/aromatic N) is 1. The molecule has 0 saturated heterocycles. The molecule has 0 spiro atoms. The lowest BCUT2D eigenvalue weighted by Gasteiger charge is -2.08. The van der Waals surface area contributed by atoms with Crippen LogP contribution in [0.15, 0.2) is 34.9 Å². The first-order valence-corrected chi connectivity index (χ1v) is 6.64. The van der Waals surface area contributed by atoms with Gasteiger partial charge in [0.2, 0.25) is 5.88 Å². The van der Waals surface area contributed by atoms with Crippen molar-refractivity contribution in [3.05, 3.63) is 51.3 Å². The maximum atomic E-state index is 13.3. The predicted molar refractivity (Wildman–Crippen MR) is 73.0 cm³/mol. The standard InChI is InChI=1S/C12H7BrCl2FNO/c13-8-4-9(15)10(16)5-11(8)18-12-3-7(6-14)1-2-17-12/h1-5H,6H2. The van der Waals surface area contributed by atoms with Gasteiger partial charge in [-0.2, -0.15) is 0 Å². The first-order chi connectivity index (χ1) is 8.60. The average Bonchev–Trinajstić information content (AvgIpc) is 2.36. The lowest BCUT2D eigenvalue weighted by molar-refractivity contribution is 0.455. The van der Waals surface area contributed by atoms with Gasteiger partial charge in [-0.25, -0.2) is 9.37 Å². The van der Waals surface area contributed by atoms with Gasteiger partial charge in [0.15, 0.2) is 0 Å². The number of hydrogen-bond acceptors (Lipinski definition) is 2. The number of benzene rings is 1. The van der Waals surface area contributed by atoms with Crippen LogP contribution in [0.3, 0.4) is 0 Å². The summed E-state index contributed by atoms with van der Waals surface area (Å²) in [5, 5.41) is 0.0247. The van der Waals surface area contributed by atoms with Crippen LogP contribution < -0.4 is 4.74 Å². The summed E-state index contributed by atoms with van der Waals surface area (Å²) in [6.45, 7) is 0. The van der Waals surface area contributed by atoms with E-state index in [-0.39, 0.29) is 5.02 Å². The van der Waals surface area contributed by atoms with E-state index >= 15 is 0 Å². The van der Waals surface area contributed by atoms with E-state index in [1.54, 1.807) is 18.3 Å². The van der Waals surface area contributed by atoms with Gasteiger partial charge >= 0.3 is 0 Å². The SMILES string of the molecule is Fc1cc(Oc2cc(CCl)ccn2)c(Br)cc1Cl. The Morgan fingerprint density at radius 3 is 2.83 bits per heavy atom. The minimum Gasteiger partial charge on any atom is -0.438 e. The van der Waals surface area contributed by atoms with Crippen molar-refractivity contribution < 1.29 is 9.13 Å². The third-order valence-corrected chi connectivity index (χ3v) is 3.36. The number of aromatic nitrogens is 1. The zero-order chi connectivity index (χ0) is 13.1. The largest absolute Gasteiger partial charge is 0.438 e. The molecule has 0 aliphatic rings. The lowest BCUT2D eigenvalue weighted by atomic mass is 10.3. The monoisotopic (exact) mass is 349 g/mol. The number of rotatable bonds is 3. The fourth-order valence-corrected chi connectivity index (χ4v) is 2.17. The Morgan fingerprint density at radius 1 is 1.33 bits per heavy atom. The third-order valence-electron chi connectivity index (χ3n) is 2.14. The molecular weight excluding hydrogens is 344 g/mol. The zero-order valence-electron chi connectivity index (χ0n) is 8.96. The second kappa shape index (κ2) is 5.87. The van der Waals surface area contributed by atoms with Crippen molar-refractivity contribution in [1.82, 2.24) is 4.98 Å². The first kappa shape index (κ1) is 13.6. The summed E-state index contributed by atoms with van der Waals surface area (Å²) in [5.41, 5.74) is 0.868. The number of alkyl halides is 1. The fourth-order valence-electron chi connectivity index (χ4n) is 1.28. The molecule has 0 aliphatic carbocycles. The number of halogens is 4. The van der Waals surface area contributed by atoms with Gasteiger partial charge in [-0.1, -0.05) is 11.6 Å². The number of ether oxygens (including phenoxy) is 1. The Hall–Kier alpha value is -0.840. The van der Waals surface area contributed by atoms with Crippen molar-refractivity contribution in [2.45, 2.75) is 5.88 Å². The first-order valence-electron chi connectivity index (χ1n) is 4.93. The molecule has 0 unspecified atom stereocenters. The van der Waals surface area contributed by atoms with E-state index in [2.05, 4.69) is 20.9 Å². The lowest BCUT2D eigenvalue weighted by Crippen LogP contribution is -1.91. The molecule has 0 atom stereocenters. The highest BCUT2D eigenvalue weighted by atomic mass is 79.9. The molecule has 2 aromatic rings. The Kier molecular flexibility index (Phi) is 4.43. The number of hydrogen-bond donors (Lipinski definition) is 0. The van der Waals surface area contributed by atoms with Crippen LogP contribution in [0.25, 0.3) is 0 Å². The van der Waals surface area contributed by atoms with Gasteiger partial charge in [-0.3, -0.25) is 0 Å². The van der Waals surface area contributed by atoms with Crippen molar-refractivity contribution >= 4 is 39.1 Å². The van der Waals surface area contributed by atoms with Crippen molar-refractivity contribution in [3.63, 3.8) is 0 Å². The molecule has 94 valence electrons. The summed E-state index contributed by atoms with van der Waals surface area (Å²) in [4.78, 5) is 4.02. The predicted octanol–water partition coefficient (Wildman–Crippen LogP) is 5.17. The summed E-state index contributed by atoms with van der Waals surface area (Å²) in [5.74, 6) is 0.449. The molecule has 18 heavy (non-hydrogen) atoms. The summed E-state index contributed by atoms with van der Waals surface area (Å²) < 4.78 is 19.4. The molecule has 0 bridgehead atoms. The van der Waals surface area contributed by atoms with Gasteiger partial charge in [0, 0.05) is 24.2 Å². The zero-order valence-corrected chi connectivity index (χ0v) is 12.1. The van der Waals surface area contributed by atoms with Gasteiger partial charge in [0.05, 0.1) is 9.50 Å². The quantitative estimate of drug-likeness (QED) is 0.563. The summed E-state index contributed by atoms with van der Waals surface area (Å²) >= 11 is 14.6. The van der Waals surface area contributed by atoms with E-state index in [1.165, 1.54) is 12.1 Å². The molecule has 0 aliphatic heterocycles. The van der Waals surface area contributed by atoms with Gasteiger partial charge in [0.25, 0.3) is 0 Å². The van der Waals surface area contributed by atoms with Gasteiger partial charge in [-0.05, 0) is 33.6 Å². The fraction of sp³-hybridized carbons (Fsp3) is 0.0833. The Labute approximate surface area is 122 Å². The molecule has 6 heteroatoms. The molecule has 0 N–H and O–H groups in total. The molecule has 1 aromatic heterocycles. The summed E-state index contributed by atoms with van der Waals surface area (Å²) in [6, 6.07) is 6.09. The minimum atomic E-state index is -0.552. The highest BCUT2D eigenvalue weighted by Crippen LogP contribution is 2.33. The van der Waals surface area contributed by atoms with E-state index in [1.807, 2.05) is 0 Å². The smallest absolute Gasteiger partial charge is 0.219 e. The molecule has 1 aromatic carbocycles. The maximum absolute atomic E-state index is 13.3. The second-order valence-electron chi connectivity index (χ2n) is 3.43. The van der Waals surface area contributed by atoms with Gasteiger partial charge in [-0.15, -0.1) is 11.6 Å². The van der Waals surface area contributed by atoms with Crippen LogP contribution in [0.1, 0.15) is 5.56 Å². The van der Waals surface area contributed by atoms with Crippen molar-refractivity contribution in [3.8, 4) is 11.6 Å². The molecule has 0 amide bonds. The molecule has 2 rings (SSSR count). The highest BCUT2D eigenvalue weighted by molar-refractivity contribution is 9.10. The Bertz CT molecular complexity index is 580. The van der Waals surface area contributed by atoms with Gasteiger partial charge < -0.3 is 4.74 Å².